The van der Waals surface area contributed by atoms with E-state index in [0.29, 0.717) is 25.7 Å². The van der Waals surface area contributed by atoms with Gasteiger partial charge in [0.2, 0.25) is 0 Å². The fourth-order valence-electron chi connectivity index (χ4n) is 2.39. The Balaban J connectivity index is 2.53. The molecule has 5 heteroatoms. The number of carbonyl (C=O) groups excluding carboxylic acids is 1. The predicted molar refractivity (Wildman–Crippen MR) is 67.4 cm³/mol. The van der Waals surface area contributed by atoms with Gasteiger partial charge in [0.05, 0.1) is 5.41 Å². The van der Waals surface area contributed by atoms with Crippen molar-refractivity contribution in [2.75, 3.05) is 0 Å². The molecular formula is C13H23NO4. The van der Waals surface area contributed by atoms with Crippen molar-refractivity contribution in [2.24, 2.45) is 5.41 Å². The van der Waals surface area contributed by atoms with Crippen LogP contribution in [0.5, 0.6) is 0 Å². The fourth-order valence-corrected chi connectivity index (χ4v) is 2.39. The molecule has 104 valence electrons. The molecule has 0 aromatic carbocycles. The average Bonchev–Trinajstić information content (AvgIpc) is 2.59. The number of hydrogen-bond donors (Lipinski definition) is 2. The van der Waals surface area contributed by atoms with Crippen LogP contribution in [0.4, 0.5) is 4.79 Å². The van der Waals surface area contributed by atoms with Gasteiger partial charge >= 0.3 is 12.1 Å². The highest BCUT2D eigenvalue weighted by atomic mass is 16.6. The van der Waals surface area contributed by atoms with Crippen molar-refractivity contribution in [2.45, 2.75) is 65.0 Å². The maximum absolute atomic E-state index is 11.6. The quantitative estimate of drug-likeness (QED) is 0.814. The second-order valence-corrected chi connectivity index (χ2v) is 6.02. The first-order chi connectivity index (χ1) is 8.18. The first-order valence-corrected chi connectivity index (χ1v) is 6.41. The fraction of sp³-hybridized carbons (Fsp3) is 0.846. The monoisotopic (exact) mass is 257 g/mol. The third-order valence-electron chi connectivity index (χ3n) is 3.46. The molecule has 0 spiro atoms. The molecule has 5 nitrogen and oxygen atoms in total. The zero-order valence-electron chi connectivity index (χ0n) is 11.6. The molecule has 1 fully saturated rings. The van der Waals surface area contributed by atoms with Crippen LogP contribution in [0.2, 0.25) is 0 Å². The molecule has 0 heterocycles. The molecule has 1 saturated carbocycles. The molecule has 0 aromatic rings. The average molecular weight is 257 g/mol. The largest absolute Gasteiger partial charge is 0.481 e. The summed E-state index contributed by atoms with van der Waals surface area (Å²) in [5.74, 6) is -0.765. The Morgan fingerprint density at radius 3 is 2.44 bits per heavy atom. The maximum atomic E-state index is 11.6. The van der Waals surface area contributed by atoms with E-state index in [2.05, 4.69) is 5.32 Å². The van der Waals surface area contributed by atoms with E-state index in [9.17, 15) is 14.7 Å². The minimum atomic E-state index is -0.765. The van der Waals surface area contributed by atoms with Crippen LogP contribution in [0.25, 0.3) is 0 Å². The number of carboxylic acids is 1. The third kappa shape index (κ3) is 3.62. The molecule has 1 amide bonds. The molecule has 0 aliphatic heterocycles. The highest BCUT2D eigenvalue weighted by Crippen LogP contribution is 2.41. The molecule has 1 rings (SSSR count). The molecule has 0 unspecified atom stereocenters. The normalized spacial score (nSPS) is 27.9. The molecular weight excluding hydrogens is 234 g/mol. The van der Waals surface area contributed by atoms with Gasteiger partial charge in [0.1, 0.15) is 5.60 Å². The number of hydrogen-bond acceptors (Lipinski definition) is 3. The molecule has 0 saturated heterocycles. The first kappa shape index (κ1) is 14.8. The minimum absolute atomic E-state index is 0.101. The zero-order chi connectivity index (χ0) is 14.0. The van der Waals surface area contributed by atoms with Crippen LogP contribution in [0.1, 0.15) is 53.4 Å². The van der Waals surface area contributed by atoms with Crippen molar-refractivity contribution in [1.29, 1.82) is 0 Å². The summed E-state index contributed by atoms with van der Waals surface area (Å²) < 4.78 is 5.16. The number of ether oxygens (including phenoxy) is 1. The van der Waals surface area contributed by atoms with Crippen LogP contribution >= 0.6 is 0 Å². The number of rotatable bonds is 3. The summed E-state index contributed by atoms with van der Waals surface area (Å²) in [5, 5.41) is 12.0. The van der Waals surface area contributed by atoms with Crippen LogP contribution in [-0.2, 0) is 9.53 Å². The van der Waals surface area contributed by atoms with Crippen LogP contribution in [0.3, 0.4) is 0 Å². The zero-order valence-corrected chi connectivity index (χ0v) is 11.6. The summed E-state index contributed by atoms with van der Waals surface area (Å²) in [6.07, 6.45) is 1.91. The lowest BCUT2D eigenvalue weighted by Crippen LogP contribution is -2.39. The number of aliphatic carboxylic acids is 1. The van der Waals surface area contributed by atoms with Gasteiger partial charge < -0.3 is 15.2 Å². The molecule has 0 radical (unpaired) electrons. The Kier molecular flexibility index (Phi) is 4.24. The summed E-state index contributed by atoms with van der Waals surface area (Å²) in [7, 11) is 0. The van der Waals surface area contributed by atoms with E-state index in [1.165, 1.54) is 0 Å². The Labute approximate surface area is 108 Å². The highest BCUT2D eigenvalue weighted by Gasteiger charge is 2.44. The van der Waals surface area contributed by atoms with Gasteiger partial charge in [-0.05, 0) is 46.5 Å². The van der Waals surface area contributed by atoms with Gasteiger partial charge in [0.25, 0.3) is 0 Å². The highest BCUT2D eigenvalue weighted by molar-refractivity contribution is 5.75. The minimum Gasteiger partial charge on any atom is -0.481 e. The maximum Gasteiger partial charge on any atom is 0.407 e. The Morgan fingerprint density at radius 1 is 1.44 bits per heavy atom. The van der Waals surface area contributed by atoms with Crippen LogP contribution in [0.15, 0.2) is 0 Å². The standard InChI is InChI=1S/C13H23NO4/c1-5-13(10(15)16)7-6-9(8-13)14-11(17)18-12(2,3)4/h9H,5-8H2,1-4H3,(H,14,17)(H,15,16)/t9-,13+/m1/s1. The second kappa shape index (κ2) is 5.16. The summed E-state index contributed by atoms with van der Waals surface area (Å²) in [6, 6.07) is -0.101. The Morgan fingerprint density at radius 2 is 2.06 bits per heavy atom. The van der Waals surface area contributed by atoms with E-state index in [1.54, 1.807) is 20.8 Å². The molecule has 1 aliphatic rings. The Hall–Kier alpha value is -1.26. The van der Waals surface area contributed by atoms with Gasteiger partial charge in [-0.1, -0.05) is 6.92 Å². The van der Waals surface area contributed by atoms with Crippen molar-refractivity contribution in [3.8, 4) is 0 Å². The van der Waals surface area contributed by atoms with Gasteiger partial charge in [0, 0.05) is 6.04 Å². The van der Waals surface area contributed by atoms with Crippen molar-refractivity contribution in [3.05, 3.63) is 0 Å². The van der Waals surface area contributed by atoms with Crippen molar-refractivity contribution in [1.82, 2.24) is 5.32 Å². The van der Waals surface area contributed by atoms with Crippen LogP contribution in [0, 0.1) is 5.41 Å². The van der Waals surface area contributed by atoms with Crippen molar-refractivity contribution in [3.63, 3.8) is 0 Å². The molecule has 0 aromatic heterocycles. The van der Waals surface area contributed by atoms with Gasteiger partial charge in [-0.3, -0.25) is 4.79 Å². The molecule has 2 N–H and O–H groups in total. The summed E-state index contributed by atoms with van der Waals surface area (Å²) in [4.78, 5) is 22.9. The van der Waals surface area contributed by atoms with Crippen LogP contribution in [-0.4, -0.2) is 28.8 Å². The lowest BCUT2D eigenvalue weighted by molar-refractivity contribution is -0.148. The first-order valence-electron chi connectivity index (χ1n) is 6.41. The number of alkyl carbamates (subject to hydrolysis) is 1. The van der Waals surface area contributed by atoms with Crippen molar-refractivity contribution < 1.29 is 19.4 Å². The number of carbonyl (C=O) groups is 2. The third-order valence-corrected chi connectivity index (χ3v) is 3.46. The topological polar surface area (TPSA) is 75.6 Å². The molecule has 1 aliphatic carbocycles. The second-order valence-electron chi connectivity index (χ2n) is 6.02. The van der Waals surface area contributed by atoms with Gasteiger partial charge in [-0.2, -0.15) is 0 Å². The van der Waals surface area contributed by atoms with E-state index < -0.39 is 23.1 Å². The SMILES string of the molecule is CC[C@]1(C(=O)O)CC[C@@H](NC(=O)OC(C)(C)C)C1. The lowest BCUT2D eigenvalue weighted by Gasteiger charge is -2.24. The number of nitrogens with one attached hydrogen (secondary N) is 1. The van der Waals surface area contributed by atoms with Gasteiger partial charge in [0.15, 0.2) is 0 Å². The van der Waals surface area contributed by atoms with E-state index in [0.717, 1.165) is 0 Å². The summed E-state index contributed by atoms with van der Waals surface area (Å²) >= 11 is 0. The summed E-state index contributed by atoms with van der Waals surface area (Å²) in [6.45, 7) is 7.28. The van der Waals surface area contributed by atoms with E-state index in [1.807, 2.05) is 6.92 Å². The summed E-state index contributed by atoms with van der Waals surface area (Å²) in [5.41, 5.74) is -1.21. The van der Waals surface area contributed by atoms with Crippen molar-refractivity contribution >= 4 is 12.1 Å². The number of amides is 1. The molecule has 18 heavy (non-hydrogen) atoms. The van der Waals surface area contributed by atoms with E-state index in [-0.39, 0.29) is 6.04 Å². The van der Waals surface area contributed by atoms with Crippen LogP contribution < -0.4 is 5.32 Å². The molecule has 0 bridgehead atoms. The smallest absolute Gasteiger partial charge is 0.407 e. The van der Waals surface area contributed by atoms with Gasteiger partial charge in [-0.15, -0.1) is 0 Å². The lowest BCUT2D eigenvalue weighted by atomic mass is 9.83. The van der Waals surface area contributed by atoms with Gasteiger partial charge in [-0.25, -0.2) is 4.79 Å². The van der Waals surface area contributed by atoms with E-state index in [4.69, 9.17) is 4.74 Å². The molecule has 2 atom stereocenters. The predicted octanol–water partition coefficient (Wildman–Crippen LogP) is 2.54. The Bertz CT molecular complexity index is 334. The van der Waals surface area contributed by atoms with E-state index >= 15 is 0 Å². The number of carboxylic acid groups (broad SMARTS) is 1.